The number of guanidine groups is 1. The highest BCUT2D eigenvalue weighted by Crippen LogP contribution is 2.34. The summed E-state index contributed by atoms with van der Waals surface area (Å²) >= 11 is 0. The molecule has 1 saturated carbocycles. The van der Waals surface area contributed by atoms with Gasteiger partial charge in [0.05, 0.1) is 24.9 Å². The van der Waals surface area contributed by atoms with Crippen LogP contribution in [-0.4, -0.2) is 75.5 Å². The number of nitrogens with zero attached hydrogens (tertiary/aromatic N) is 2. The molecule has 3 unspecified atom stereocenters. The molecule has 0 radical (unpaired) electrons. The number of fused-ring (bicyclic) bond motifs is 2. The molecule has 0 aromatic rings. The van der Waals surface area contributed by atoms with Gasteiger partial charge in [-0.15, -0.1) is 24.0 Å². The highest BCUT2D eigenvalue weighted by atomic mass is 127. The predicted molar refractivity (Wildman–Crippen MR) is 103 cm³/mol. The van der Waals surface area contributed by atoms with E-state index in [1.807, 2.05) is 7.05 Å². The summed E-state index contributed by atoms with van der Waals surface area (Å²) in [4.78, 5) is 6.87. The van der Waals surface area contributed by atoms with E-state index in [0.29, 0.717) is 18.2 Å². The second-order valence-electron chi connectivity index (χ2n) is 6.62. The molecule has 0 amide bonds. The second-order valence-corrected chi connectivity index (χ2v) is 6.62. The Morgan fingerprint density at radius 3 is 2.65 bits per heavy atom. The monoisotopic (exact) mass is 438 g/mol. The van der Waals surface area contributed by atoms with Crippen LogP contribution in [0.5, 0.6) is 0 Å². The fraction of sp³-hybridized carbons (Fsp3) is 0.938. The molecule has 2 heterocycles. The summed E-state index contributed by atoms with van der Waals surface area (Å²) in [6, 6.07) is 1.20. The van der Waals surface area contributed by atoms with Crippen LogP contribution in [-0.2, 0) is 9.47 Å². The number of halogens is 1. The smallest absolute Gasteiger partial charge is 0.191 e. The molecule has 3 atom stereocenters. The molecule has 1 aliphatic carbocycles. The molecule has 2 saturated heterocycles. The van der Waals surface area contributed by atoms with E-state index in [0.717, 1.165) is 44.7 Å². The Hall–Kier alpha value is -0.120. The maximum Gasteiger partial charge on any atom is 0.191 e. The van der Waals surface area contributed by atoms with Gasteiger partial charge in [-0.05, 0) is 32.1 Å². The van der Waals surface area contributed by atoms with Gasteiger partial charge in [-0.2, -0.15) is 0 Å². The molecule has 134 valence electrons. The molecule has 2 N–H and O–H groups in total. The van der Waals surface area contributed by atoms with Crippen molar-refractivity contribution in [1.82, 2.24) is 15.5 Å². The van der Waals surface area contributed by atoms with Crippen molar-refractivity contribution >= 4 is 29.9 Å². The first-order valence-corrected chi connectivity index (χ1v) is 8.65. The van der Waals surface area contributed by atoms with Crippen LogP contribution in [0, 0.1) is 0 Å². The van der Waals surface area contributed by atoms with Crippen molar-refractivity contribution in [2.75, 3.05) is 40.4 Å². The van der Waals surface area contributed by atoms with Crippen molar-refractivity contribution < 1.29 is 9.47 Å². The molecular weight excluding hydrogens is 407 g/mol. The molecule has 23 heavy (non-hydrogen) atoms. The lowest BCUT2D eigenvalue weighted by atomic mass is 9.96. The Morgan fingerprint density at radius 1 is 1.26 bits per heavy atom. The summed E-state index contributed by atoms with van der Waals surface area (Å²) in [7, 11) is 3.61. The largest absolute Gasteiger partial charge is 0.383 e. The van der Waals surface area contributed by atoms with E-state index in [9.17, 15) is 0 Å². The van der Waals surface area contributed by atoms with E-state index in [1.54, 1.807) is 7.11 Å². The maximum atomic E-state index is 5.89. The molecule has 2 bridgehead atoms. The SMILES string of the molecule is CN=C(NCCN(CCOC)C1CC1)NC1CC2CCC1O2.I. The first kappa shape index (κ1) is 19.2. The highest BCUT2D eigenvalue weighted by molar-refractivity contribution is 14.0. The Labute approximate surface area is 156 Å². The molecule has 0 aromatic heterocycles. The van der Waals surface area contributed by atoms with E-state index >= 15 is 0 Å². The third-order valence-electron chi connectivity index (χ3n) is 4.99. The summed E-state index contributed by atoms with van der Waals surface area (Å²) in [5.41, 5.74) is 0. The molecule has 0 aromatic carbocycles. The van der Waals surface area contributed by atoms with Gasteiger partial charge < -0.3 is 20.1 Å². The van der Waals surface area contributed by atoms with E-state index in [1.165, 1.54) is 25.7 Å². The van der Waals surface area contributed by atoms with Crippen molar-refractivity contribution in [3.05, 3.63) is 0 Å². The number of nitrogens with one attached hydrogen (secondary N) is 2. The zero-order chi connectivity index (χ0) is 15.4. The number of rotatable bonds is 8. The van der Waals surface area contributed by atoms with Gasteiger partial charge >= 0.3 is 0 Å². The van der Waals surface area contributed by atoms with Crippen LogP contribution in [0.1, 0.15) is 32.1 Å². The predicted octanol–water partition coefficient (Wildman–Crippen LogP) is 1.20. The Kier molecular flexibility index (Phi) is 7.84. The van der Waals surface area contributed by atoms with E-state index in [4.69, 9.17) is 9.47 Å². The highest BCUT2D eigenvalue weighted by Gasteiger charge is 2.41. The average Bonchev–Trinajstić information content (AvgIpc) is 3.17. The quantitative estimate of drug-likeness (QED) is 0.339. The molecular formula is C16H31IN4O2. The van der Waals surface area contributed by atoms with Crippen LogP contribution in [0.3, 0.4) is 0 Å². The summed E-state index contributed by atoms with van der Waals surface area (Å²) in [5, 5.41) is 6.98. The Morgan fingerprint density at radius 2 is 2.09 bits per heavy atom. The average molecular weight is 438 g/mol. The van der Waals surface area contributed by atoms with Gasteiger partial charge in [-0.1, -0.05) is 0 Å². The van der Waals surface area contributed by atoms with Crippen molar-refractivity contribution in [3.63, 3.8) is 0 Å². The van der Waals surface area contributed by atoms with Crippen LogP contribution >= 0.6 is 24.0 Å². The number of aliphatic imine (C=N–C) groups is 1. The number of hydrogen-bond donors (Lipinski definition) is 2. The van der Waals surface area contributed by atoms with Crippen molar-refractivity contribution in [2.24, 2.45) is 4.99 Å². The molecule has 3 fully saturated rings. The molecule has 7 heteroatoms. The van der Waals surface area contributed by atoms with Crippen LogP contribution in [0.25, 0.3) is 0 Å². The molecule has 3 aliphatic rings. The molecule has 0 spiro atoms. The lowest BCUT2D eigenvalue weighted by molar-refractivity contribution is 0.0992. The van der Waals surface area contributed by atoms with E-state index < -0.39 is 0 Å². The second kappa shape index (κ2) is 9.39. The van der Waals surface area contributed by atoms with Crippen LogP contribution < -0.4 is 10.6 Å². The number of methoxy groups -OCH3 is 1. The fourth-order valence-corrected chi connectivity index (χ4v) is 3.60. The zero-order valence-electron chi connectivity index (χ0n) is 14.3. The number of ether oxygens (including phenoxy) is 2. The van der Waals surface area contributed by atoms with Gasteiger partial charge in [0.25, 0.3) is 0 Å². The lowest BCUT2D eigenvalue weighted by Crippen LogP contribution is -2.49. The minimum absolute atomic E-state index is 0. The van der Waals surface area contributed by atoms with Crippen molar-refractivity contribution in [2.45, 2.75) is 56.4 Å². The van der Waals surface area contributed by atoms with Gasteiger partial charge in [0.15, 0.2) is 5.96 Å². The normalized spacial score (nSPS) is 29.7. The van der Waals surface area contributed by atoms with Gasteiger partial charge in [0.2, 0.25) is 0 Å². The Balaban J connectivity index is 0.00000192. The Bertz CT molecular complexity index is 392. The fourth-order valence-electron chi connectivity index (χ4n) is 3.60. The first-order chi connectivity index (χ1) is 10.8. The summed E-state index contributed by atoms with van der Waals surface area (Å²) < 4.78 is 11.1. The summed E-state index contributed by atoms with van der Waals surface area (Å²) in [5.74, 6) is 0.906. The van der Waals surface area contributed by atoms with Crippen LogP contribution in [0.2, 0.25) is 0 Å². The van der Waals surface area contributed by atoms with Crippen molar-refractivity contribution in [1.29, 1.82) is 0 Å². The van der Waals surface area contributed by atoms with Gasteiger partial charge in [0.1, 0.15) is 0 Å². The standard InChI is InChI=1S/C16H30N4O2.HI/c1-17-16(19-14-11-13-5-6-15(14)22-13)18-7-8-20(9-10-21-2)12-3-4-12;/h12-15H,3-11H2,1-2H3,(H2,17,18,19);1H. The van der Waals surface area contributed by atoms with E-state index in [2.05, 4.69) is 20.5 Å². The van der Waals surface area contributed by atoms with Gasteiger partial charge in [-0.3, -0.25) is 9.89 Å². The third-order valence-corrected chi connectivity index (χ3v) is 4.99. The van der Waals surface area contributed by atoms with E-state index in [-0.39, 0.29) is 24.0 Å². The minimum atomic E-state index is 0. The van der Waals surface area contributed by atoms with Crippen LogP contribution in [0.15, 0.2) is 4.99 Å². The first-order valence-electron chi connectivity index (χ1n) is 8.65. The van der Waals surface area contributed by atoms with Gasteiger partial charge in [-0.25, -0.2) is 0 Å². The lowest BCUT2D eigenvalue weighted by Gasteiger charge is -2.25. The third kappa shape index (κ3) is 5.44. The van der Waals surface area contributed by atoms with Crippen molar-refractivity contribution in [3.8, 4) is 0 Å². The minimum Gasteiger partial charge on any atom is -0.383 e. The summed E-state index contributed by atoms with van der Waals surface area (Å²) in [6.07, 6.45) is 7.05. The molecule has 2 aliphatic heterocycles. The summed E-state index contributed by atoms with van der Waals surface area (Å²) in [6.45, 7) is 3.80. The maximum absolute atomic E-state index is 5.89. The van der Waals surface area contributed by atoms with Gasteiger partial charge in [0, 0.05) is 39.8 Å². The number of hydrogen-bond acceptors (Lipinski definition) is 4. The molecule has 3 rings (SSSR count). The van der Waals surface area contributed by atoms with Crippen LogP contribution in [0.4, 0.5) is 0 Å². The topological polar surface area (TPSA) is 58.1 Å². The zero-order valence-corrected chi connectivity index (χ0v) is 16.6. The molecule has 6 nitrogen and oxygen atoms in total.